The van der Waals surface area contributed by atoms with Gasteiger partial charge in [-0.3, -0.25) is 14.5 Å². The van der Waals surface area contributed by atoms with Gasteiger partial charge >= 0.3 is 0 Å². The summed E-state index contributed by atoms with van der Waals surface area (Å²) >= 11 is 0. The molecule has 2 aliphatic rings. The molecule has 120 valence electrons. The summed E-state index contributed by atoms with van der Waals surface area (Å²) in [6.45, 7) is 5.58. The Bertz CT molecular complexity index is 546. The summed E-state index contributed by atoms with van der Waals surface area (Å²) in [5, 5.41) is 10.4. The average molecular weight is 307 g/mol. The molecule has 3 rings (SSSR count). The Morgan fingerprint density at radius 1 is 1.23 bits per heavy atom. The van der Waals surface area contributed by atoms with Gasteiger partial charge < -0.3 is 10.2 Å². The van der Waals surface area contributed by atoms with Crippen LogP contribution in [0.2, 0.25) is 0 Å². The third kappa shape index (κ3) is 3.62. The lowest BCUT2D eigenvalue weighted by atomic mass is 10.2. The van der Waals surface area contributed by atoms with Crippen LogP contribution in [0.25, 0.3) is 0 Å². The minimum Gasteiger partial charge on any atom is -0.347 e. The molecule has 0 bridgehead atoms. The van der Waals surface area contributed by atoms with Crippen LogP contribution in [-0.4, -0.2) is 64.7 Å². The summed E-state index contributed by atoms with van der Waals surface area (Å²) in [6, 6.07) is 0. The van der Waals surface area contributed by atoms with Crippen molar-refractivity contribution >= 4 is 11.8 Å². The van der Waals surface area contributed by atoms with Crippen LogP contribution in [0.1, 0.15) is 24.2 Å². The van der Waals surface area contributed by atoms with E-state index in [0.717, 1.165) is 37.3 Å². The van der Waals surface area contributed by atoms with Crippen LogP contribution in [0, 0.1) is 12.8 Å². The molecule has 0 radical (unpaired) electrons. The van der Waals surface area contributed by atoms with Crippen LogP contribution in [0.3, 0.4) is 0 Å². The van der Waals surface area contributed by atoms with E-state index in [0.29, 0.717) is 19.6 Å². The molecule has 0 atom stereocenters. The van der Waals surface area contributed by atoms with Gasteiger partial charge in [0, 0.05) is 38.6 Å². The third-order valence-corrected chi connectivity index (χ3v) is 4.21. The Balaban J connectivity index is 1.40. The number of nitrogens with zero attached hydrogens (tertiary/aromatic N) is 4. The number of carbonyl (C=O) groups excluding carboxylic acids is 2. The molecule has 1 saturated heterocycles. The Kier molecular flexibility index (Phi) is 4.37. The molecule has 1 aromatic rings. The molecule has 1 aliphatic carbocycles. The zero-order valence-electron chi connectivity index (χ0n) is 12.7. The Morgan fingerprint density at radius 3 is 2.55 bits per heavy atom. The molecule has 1 aliphatic heterocycles. The Labute approximate surface area is 128 Å². The highest BCUT2D eigenvalue weighted by Gasteiger charge is 2.30. The van der Waals surface area contributed by atoms with Gasteiger partial charge in [-0.2, -0.15) is 0 Å². The quantitative estimate of drug-likeness (QED) is 0.792. The van der Waals surface area contributed by atoms with E-state index < -0.39 is 0 Å². The highest BCUT2D eigenvalue weighted by Crippen LogP contribution is 2.28. The first kappa shape index (κ1) is 15.0. The van der Waals surface area contributed by atoms with Crippen molar-refractivity contribution in [1.82, 2.24) is 25.4 Å². The van der Waals surface area contributed by atoms with E-state index in [1.165, 1.54) is 0 Å². The second-order valence-corrected chi connectivity index (χ2v) is 5.95. The molecule has 1 aromatic heterocycles. The van der Waals surface area contributed by atoms with Crippen LogP contribution in [0.4, 0.5) is 0 Å². The lowest BCUT2D eigenvalue weighted by Gasteiger charge is -2.34. The smallest absolute Gasteiger partial charge is 0.242 e. The molecule has 0 spiro atoms. The summed E-state index contributed by atoms with van der Waals surface area (Å²) in [5.74, 6) is 0.151. The van der Waals surface area contributed by atoms with E-state index in [2.05, 4.69) is 20.5 Å². The number of hydrogen-bond acceptors (Lipinski definition) is 6. The molecule has 2 heterocycles. The molecular formula is C14H21N5O3. The van der Waals surface area contributed by atoms with E-state index in [9.17, 15) is 9.59 Å². The molecule has 0 unspecified atom stereocenters. The van der Waals surface area contributed by atoms with Gasteiger partial charge in [-0.05, 0) is 19.8 Å². The third-order valence-electron chi connectivity index (χ3n) is 4.21. The number of carbonyl (C=O) groups is 2. The van der Waals surface area contributed by atoms with Gasteiger partial charge in [0.25, 0.3) is 0 Å². The highest BCUT2D eigenvalue weighted by molar-refractivity contribution is 5.86. The van der Waals surface area contributed by atoms with Crippen LogP contribution in [-0.2, 0) is 16.1 Å². The van der Waals surface area contributed by atoms with Crippen LogP contribution >= 0.6 is 0 Å². The fraction of sp³-hybridized carbons (Fsp3) is 0.714. The first-order chi connectivity index (χ1) is 10.6. The predicted octanol–water partition coefficient (Wildman–Crippen LogP) is -0.452. The molecular weight excluding hydrogens is 286 g/mol. The van der Waals surface area contributed by atoms with Gasteiger partial charge in [-0.25, -0.2) is 4.63 Å². The summed E-state index contributed by atoms with van der Waals surface area (Å²) in [5.41, 5.74) is 1.65. The van der Waals surface area contributed by atoms with Crippen molar-refractivity contribution in [2.24, 2.45) is 5.92 Å². The van der Waals surface area contributed by atoms with Gasteiger partial charge in [-0.15, -0.1) is 0 Å². The molecule has 2 fully saturated rings. The van der Waals surface area contributed by atoms with Gasteiger partial charge in [-0.1, -0.05) is 10.3 Å². The van der Waals surface area contributed by atoms with E-state index >= 15 is 0 Å². The summed E-state index contributed by atoms with van der Waals surface area (Å²) in [4.78, 5) is 27.6. The number of aromatic nitrogens is 2. The molecule has 2 amide bonds. The second kappa shape index (κ2) is 6.43. The molecule has 8 heteroatoms. The monoisotopic (exact) mass is 307 g/mol. The number of rotatable bonds is 5. The second-order valence-electron chi connectivity index (χ2n) is 5.95. The molecule has 0 aromatic carbocycles. The van der Waals surface area contributed by atoms with E-state index in [1.807, 2.05) is 6.92 Å². The SMILES string of the molecule is Cc1nonc1CN1CCN(C(=O)CNC(=O)C2CC2)CC1. The van der Waals surface area contributed by atoms with Gasteiger partial charge in [0.2, 0.25) is 11.8 Å². The zero-order chi connectivity index (χ0) is 15.5. The fourth-order valence-electron chi connectivity index (χ4n) is 2.52. The summed E-state index contributed by atoms with van der Waals surface area (Å²) in [6.07, 6.45) is 1.91. The minimum atomic E-state index is -0.00654. The van der Waals surface area contributed by atoms with Gasteiger partial charge in [0.15, 0.2) is 0 Å². The zero-order valence-corrected chi connectivity index (χ0v) is 12.7. The largest absolute Gasteiger partial charge is 0.347 e. The van der Waals surface area contributed by atoms with Crippen molar-refractivity contribution in [3.63, 3.8) is 0 Å². The lowest BCUT2D eigenvalue weighted by molar-refractivity contribution is -0.134. The maximum absolute atomic E-state index is 12.1. The van der Waals surface area contributed by atoms with Crippen molar-refractivity contribution in [2.75, 3.05) is 32.7 Å². The van der Waals surface area contributed by atoms with Crippen molar-refractivity contribution < 1.29 is 14.2 Å². The maximum Gasteiger partial charge on any atom is 0.242 e. The van der Waals surface area contributed by atoms with Crippen LogP contribution in [0.5, 0.6) is 0 Å². The number of hydrogen-bond donors (Lipinski definition) is 1. The Hall–Kier alpha value is -1.96. The van der Waals surface area contributed by atoms with Crippen molar-refractivity contribution in [2.45, 2.75) is 26.3 Å². The van der Waals surface area contributed by atoms with Gasteiger partial charge in [0.05, 0.1) is 6.54 Å². The highest BCUT2D eigenvalue weighted by atomic mass is 16.6. The van der Waals surface area contributed by atoms with Crippen molar-refractivity contribution in [1.29, 1.82) is 0 Å². The average Bonchev–Trinajstić information content (AvgIpc) is 3.30. The van der Waals surface area contributed by atoms with E-state index in [1.54, 1.807) is 4.90 Å². The predicted molar refractivity (Wildman–Crippen MR) is 76.6 cm³/mol. The fourth-order valence-corrected chi connectivity index (χ4v) is 2.52. The summed E-state index contributed by atoms with van der Waals surface area (Å²) in [7, 11) is 0. The topological polar surface area (TPSA) is 91.6 Å². The molecule has 1 N–H and O–H groups in total. The van der Waals surface area contributed by atoms with E-state index in [4.69, 9.17) is 4.63 Å². The maximum atomic E-state index is 12.1. The van der Waals surface area contributed by atoms with Crippen molar-refractivity contribution in [3.8, 4) is 0 Å². The van der Waals surface area contributed by atoms with Crippen LogP contribution in [0.15, 0.2) is 4.63 Å². The summed E-state index contributed by atoms with van der Waals surface area (Å²) < 4.78 is 4.69. The molecule has 22 heavy (non-hydrogen) atoms. The number of piperazine rings is 1. The van der Waals surface area contributed by atoms with Gasteiger partial charge in [0.1, 0.15) is 11.4 Å². The molecule has 8 nitrogen and oxygen atoms in total. The van der Waals surface area contributed by atoms with Crippen LogP contribution < -0.4 is 5.32 Å². The molecule has 1 saturated carbocycles. The standard InChI is InChI=1S/C14H21N5O3/c1-10-12(17-22-16-10)9-18-4-6-19(7-5-18)13(20)8-15-14(21)11-2-3-11/h11H,2-9H2,1H3,(H,15,21). The normalized spacial score (nSPS) is 19.2. The Morgan fingerprint density at radius 2 is 1.95 bits per heavy atom. The number of nitrogens with one attached hydrogen (secondary N) is 1. The number of amides is 2. The lowest BCUT2D eigenvalue weighted by Crippen LogP contribution is -2.51. The first-order valence-corrected chi connectivity index (χ1v) is 7.69. The number of aryl methyl sites for hydroxylation is 1. The van der Waals surface area contributed by atoms with Crippen molar-refractivity contribution in [3.05, 3.63) is 11.4 Å². The van der Waals surface area contributed by atoms with E-state index in [-0.39, 0.29) is 24.3 Å². The minimum absolute atomic E-state index is 0.00654. The first-order valence-electron chi connectivity index (χ1n) is 7.69.